The summed E-state index contributed by atoms with van der Waals surface area (Å²) in [5, 5.41) is 0. The van der Waals surface area contributed by atoms with Crippen LogP contribution in [0.3, 0.4) is 0 Å². The van der Waals surface area contributed by atoms with Gasteiger partial charge in [-0.3, -0.25) is 0 Å². The Hall–Kier alpha value is 1.87. The van der Waals surface area contributed by atoms with E-state index in [0.29, 0.717) is 0 Å². The second-order valence-corrected chi connectivity index (χ2v) is 0. The van der Waals surface area contributed by atoms with Crippen LogP contribution in [-0.4, -0.2) is 46.0 Å². The van der Waals surface area contributed by atoms with Crippen molar-refractivity contribution >= 4 is 40.5 Å². The Morgan fingerprint density at radius 3 is 1.00 bits per heavy atom. The molecule has 0 fully saturated rings. The summed E-state index contributed by atoms with van der Waals surface area (Å²) in [6.45, 7) is 0. The van der Waals surface area contributed by atoms with E-state index in [1.54, 1.807) is 0 Å². The third-order valence-corrected chi connectivity index (χ3v) is 0. The second kappa shape index (κ2) is 20.9. The van der Waals surface area contributed by atoms with Crippen molar-refractivity contribution in [1.29, 1.82) is 0 Å². The third kappa shape index (κ3) is 9.12. The van der Waals surface area contributed by atoms with Gasteiger partial charge in [0.15, 0.2) is 0 Å². The molecule has 0 atom stereocenters. The standard InChI is InChI=1S/Na.H2O.Si.W/h;1H2;;. The van der Waals surface area contributed by atoms with Crippen molar-refractivity contribution in [2.45, 2.75) is 0 Å². The van der Waals surface area contributed by atoms with Gasteiger partial charge in [-0.15, -0.1) is 0 Å². The maximum atomic E-state index is 0. The van der Waals surface area contributed by atoms with Crippen LogP contribution in [-0.2, 0) is 21.1 Å². The number of hydrogen-bond donors (Lipinski definition) is 0. The minimum Gasteiger partial charge on any atom is -0.412 e. The van der Waals surface area contributed by atoms with Gasteiger partial charge in [-0.25, -0.2) is 0 Å². The molecule has 0 amide bonds. The largest absolute Gasteiger partial charge is 0.412 e. The van der Waals surface area contributed by atoms with Gasteiger partial charge in [0.1, 0.15) is 0 Å². The van der Waals surface area contributed by atoms with E-state index in [9.17, 15) is 0 Å². The fourth-order valence-electron chi connectivity index (χ4n) is 0. The van der Waals surface area contributed by atoms with Crippen LogP contribution in [0.5, 0.6) is 0 Å². The molecule has 1 nitrogen and oxygen atoms in total. The Bertz CT molecular complexity index is 8.00. The van der Waals surface area contributed by atoms with Crippen molar-refractivity contribution in [3.05, 3.63) is 0 Å². The first-order valence-electron chi connectivity index (χ1n) is 0. The van der Waals surface area contributed by atoms with Gasteiger partial charge in [-0.05, 0) is 0 Å². The van der Waals surface area contributed by atoms with E-state index in [1.807, 2.05) is 0 Å². The molecule has 0 aliphatic heterocycles. The van der Waals surface area contributed by atoms with Gasteiger partial charge in [0.2, 0.25) is 0 Å². The summed E-state index contributed by atoms with van der Waals surface area (Å²) in [6.07, 6.45) is 0. The summed E-state index contributed by atoms with van der Waals surface area (Å²) in [5.74, 6) is 0. The van der Waals surface area contributed by atoms with Crippen LogP contribution in [0.25, 0.3) is 0 Å². The minimum atomic E-state index is 0. The summed E-state index contributed by atoms with van der Waals surface area (Å²) in [4.78, 5) is 0. The minimum absolute atomic E-state index is 0. The van der Waals surface area contributed by atoms with Crippen molar-refractivity contribution in [2.75, 3.05) is 0 Å². The first-order chi connectivity index (χ1) is 0. The Morgan fingerprint density at radius 2 is 1.00 bits per heavy atom. The van der Waals surface area contributed by atoms with Gasteiger partial charge in [0, 0.05) is 61.6 Å². The van der Waals surface area contributed by atoms with Crippen LogP contribution in [0.15, 0.2) is 0 Å². The zero-order chi connectivity index (χ0) is 0. The van der Waals surface area contributed by atoms with Crippen LogP contribution in [0.4, 0.5) is 0 Å². The fourth-order valence-corrected chi connectivity index (χ4v) is 0. The number of rotatable bonds is 0. The quantitative estimate of drug-likeness (QED) is 0.466. The van der Waals surface area contributed by atoms with E-state index in [0.717, 1.165) is 0 Å². The zero-order valence-corrected chi connectivity index (χ0v) is 8.34. The first kappa shape index (κ1) is 39.9. The van der Waals surface area contributed by atoms with E-state index >= 15 is 0 Å². The smallest absolute Gasteiger partial charge is 0 e. The Morgan fingerprint density at radius 1 is 1.00 bits per heavy atom. The molecule has 0 bridgehead atoms. The maximum Gasteiger partial charge on any atom is 0 e. The van der Waals surface area contributed by atoms with Crippen LogP contribution >= 0.6 is 0 Å². The second-order valence-electron chi connectivity index (χ2n) is 0. The van der Waals surface area contributed by atoms with Crippen LogP contribution in [0, 0.1) is 0 Å². The molecule has 0 spiro atoms. The van der Waals surface area contributed by atoms with E-state index < -0.39 is 0 Å². The average Bonchev–Trinajstić information content (AvgIpc) is 0. The molecule has 0 saturated heterocycles. The molecule has 2 N–H and O–H groups in total. The van der Waals surface area contributed by atoms with Gasteiger partial charge < -0.3 is 5.48 Å². The molecule has 0 heterocycles. The molecule has 0 aromatic carbocycles. The average molecular weight is 253 g/mol. The van der Waals surface area contributed by atoms with Gasteiger partial charge in [-0.2, -0.15) is 0 Å². The maximum absolute atomic E-state index is 0. The van der Waals surface area contributed by atoms with Gasteiger partial charge >= 0.3 is 0 Å². The molecule has 0 aromatic heterocycles. The monoisotopic (exact) mass is 253 g/mol. The first-order valence-corrected chi connectivity index (χ1v) is 0. The summed E-state index contributed by atoms with van der Waals surface area (Å²) in [6, 6.07) is 0. The van der Waals surface area contributed by atoms with E-state index in [-0.39, 0.29) is 67.1 Å². The van der Waals surface area contributed by atoms with Gasteiger partial charge in [-0.1, -0.05) is 0 Å². The predicted octanol–water partition coefficient (Wildman–Crippen LogP) is -1.59. The van der Waals surface area contributed by atoms with Gasteiger partial charge in [0.05, 0.1) is 0 Å². The number of hydrogen-bond acceptors (Lipinski definition) is 0. The van der Waals surface area contributed by atoms with E-state index in [4.69, 9.17) is 0 Å². The normalized spacial score (nSPS) is 0. The molecule has 0 saturated carbocycles. The molecule has 5 radical (unpaired) electrons. The molecule has 0 aromatic rings. The molecule has 4 heavy (non-hydrogen) atoms. The molecule has 19 valence electrons. The van der Waals surface area contributed by atoms with Crippen molar-refractivity contribution in [2.24, 2.45) is 0 Å². The van der Waals surface area contributed by atoms with E-state index in [2.05, 4.69) is 0 Å². The molecular weight excluding hydrogens is 251 g/mol. The topological polar surface area (TPSA) is 31.5 Å². The summed E-state index contributed by atoms with van der Waals surface area (Å²) >= 11 is 0. The molecule has 0 aliphatic carbocycles. The molecule has 0 unspecified atom stereocenters. The van der Waals surface area contributed by atoms with Crippen LogP contribution in [0.2, 0.25) is 0 Å². The SMILES string of the molecule is O.[Na].[Si].[W]. The zero-order valence-electron chi connectivity index (χ0n) is 2.41. The van der Waals surface area contributed by atoms with Crippen molar-refractivity contribution in [3.8, 4) is 0 Å². The predicted molar refractivity (Wildman–Crippen MR) is 15.1 cm³/mol. The fraction of sp³-hybridized carbons (Fsp3) is 0. The third-order valence-electron chi connectivity index (χ3n) is 0. The molecule has 0 aliphatic rings. The Balaban J connectivity index is 0. The summed E-state index contributed by atoms with van der Waals surface area (Å²) < 4.78 is 0. The van der Waals surface area contributed by atoms with Crippen molar-refractivity contribution in [1.82, 2.24) is 0 Å². The van der Waals surface area contributed by atoms with Crippen molar-refractivity contribution in [3.63, 3.8) is 0 Å². The molecule has 4 heteroatoms. The van der Waals surface area contributed by atoms with E-state index in [1.165, 1.54) is 0 Å². The Kier molecular flexibility index (Phi) is 208. The summed E-state index contributed by atoms with van der Waals surface area (Å²) in [7, 11) is 0. The van der Waals surface area contributed by atoms with Crippen LogP contribution < -0.4 is 0 Å². The molecule has 0 rings (SSSR count). The Labute approximate surface area is 66.4 Å². The van der Waals surface area contributed by atoms with Crippen molar-refractivity contribution < 1.29 is 26.5 Å². The summed E-state index contributed by atoms with van der Waals surface area (Å²) in [5.41, 5.74) is 0. The van der Waals surface area contributed by atoms with Gasteiger partial charge in [0.25, 0.3) is 0 Å². The van der Waals surface area contributed by atoms with Crippen LogP contribution in [0.1, 0.15) is 0 Å². The molecular formula is H2NaOSiW.